The Kier molecular flexibility index (Phi) is 34.1. The maximum atomic E-state index is 16.6. The minimum atomic E-state index is 0.0313. The van der Waals surface area contributed by atoms with Gasteiger partial charge in [0.2, 0.25) is 0 Å². The first-order chi connectivity index (χ1) is 50.3. The van der Waals surface area contributed by atoms with Crippen LogP contribution < -0.4 is 0 Å². The van der Waals surface area contributed by atoms with Crippen LogP contribution in [0.3, 0.4) is 0 Å². The molecule has 6 heterocycles. The third-order valence-corrected chi connectivity index (χ3v) is 26.7. The number of carbonyl (C=O) groups excluding carboxylic acids is 2. The number of rotatable bonds is 52. The summed E-state index contributed by atoms with van der Waals surface area (Å²) < 4.78 is 0. The van der Waals surface area contributed by atoms with Crippen LogP contribution in [0.2, 0.25) is 0 Å². The van der Waals surface area contributed by atoms with Crippen molar-refractivity contribution in [3.05, 3.63) is 179 Å². The highest BCUT2D eigenvalue weighted by molar-refractivity contribution is 7.25. The third-order valence-electron chi connectivity index (χ3n) is 21.9. The molecule has 2 aliphatic heterocycles. The van der Waals surface area contributed by atoms with Gasteiger partial charge in [0, 0.05) is 42.4 Å². The van der Waals surface area contributed by atoms with Crippen molar-refractivity contribution in [1.82, 2.24) is 9.80 Å². The molecular weight excluding hydrogens is 1320 g/mol. The third kappa shape index (κ3) is 23.6. The Hall–Kier alpha value is -5.90. The Morgan fingerprint density at radius 3 is 0.725 bits per heavy atom. The summed E-state index contributed by atoms with van der Waals surface area (Å²) >= 11 is 7.21. The summed E-state index contributed by atoms with van der Waals surface area (Å²) in [5, 5.41) is 0. The van der Waals surface area contributed by atoms with E-state index in [2.05, 4.69) is 195 Å². The molecule has 0 radical (unpaired) electrons. The summed E-state index contributed by atoms with van der Waals surface area (Å²) in [4.78, 5) is 46.8. The number of carbonyl (C=O) groups is 2. The SMILES string of the molecule is CCCCCCCCCCCCC(CCCCCCCCCC)CN1C(=O)C2=C(c3ccc(-c4ccc(-c5ccc(-c6ccccc6)cc5)s4)s3)N(CC(CCCCCCCCCC)CCCCCCCCCCCC)C(=O)C2=C1c1ccc(-c2ccc(-c3ccc(-c4ccccc4)cc3)s2)s1. The fourth-order valence-corrected chi connectivity index (χ4v) is 20.1. The van der Waals surface area contributed by atoms with Gasteiger partial charge in [0.05, 0.1) is 32.3 Å². The number of nitrogens with zero attached hydrogens (tertiary/aromatic N) is 2. The zero-order chi connectivity index (χ0) is 70.8. The minimum Gasteiger partial charge on any atom is -0.306 e. The van der Waals surface area contributed by atoms with E-state index in [4.69, 9.17) is 0 Å². The van der Waals surface area contributed by atoms with Crippen molar-refractivity contribution in [2.45, 2.75) is 285 Å². The van der Waals surface area contributed by atoms with Gasteiger partial charge in [-0.05, 0) is 119 Å². The van der Waals surface area contributed by atoms with E-state index in [9.17, 15) is 0 Å². The van der Waals surface area contributed by atoms with E-state index < -0.39 is 0 Å². The van der Waals surface area contributed by atoms with Gasteiger partial charge in [-0.25, -0.2) is 0 Å². The van der Waals surface area contributed by atoms with Gasteiger partial charge in [-0.15, -0.1) is 45.3 Å². The molecule has 546 valence electrons. The number of thiophene rings is 4. The van der Waals surface area contributed by atoms with Gasteiger partial charge in [0.25, 0.3) is 11.8 Å². The van der Waals surface area contributed by atoms with Crippen LogP contribution in [0.4, 0.5) is 0 Å². The van der Waals surface area contributed by atoms with Gasteiger partial charge in [0.1, 0.15) is 0 Å². The standard InChI is InChI=1S/C94H124N2O2S4/c1-5-9-13-17-21-25-27-31-35-41-49-73(47-39-33-29-23-19-15-11-7-3)71-95-91(87-69-67-85(101-87)83-65-63-81(99-83)79-59-55-77(56-60-79)75-51-43-37-44-52-75)89-90(93(95)97)92(88-70-68-86(102-88)84-66-64-82(100-84)80-61-57-78(58-62-80)76-53-45-38-46-54-76)96(94(89)98)72-74(48-40-34-30-24-20-16-12-8-4)50-42-36-32-28-26-22-18-14-10-6-2/h37-38,43-46,51-70,73-74H,5-36,39-42,47-50,71-72H2,1-4H3. The Balaban J connectivity index is 1.000. The van der Waals surface area contributed by atoms with Crippen molar-refractivity contribution < 1.29 is 9.59 Å². The number of amides is 2. The molecule has 8 heteroatoms. The van der Waals surface area contributed by atoms with Crippen LogP contribution in [0.1, 0.15) is 294 Å². The highest BCUT2D eigenvalue weighted by Crippen LogP contribution is 2.52. The molecule has 4 nitrogen and oxygen atoms in total. The number of unbranched alkanes of at least 4 members (excludes halogenated alkanes) is 32. The van der Waals surface area contributed by atoms with E-state index in [1.54, 1.807) is 22.7 Å². The topological polar surface area (TPSA) is 40.6 Å². The van der Waals surface area contributed by atoms with Gasteiger partial charge in [-0.1, -0.05) is 368 Å². The molecule has 4 aromatic heterocycles. The Morgan fingerprint density at radius 1 is 0.235 bits per heavy atom. The molecule has 0 N–H and O–H groups in total. The lowest BCUT2D eigenvalue weighted by molar-refractivity contribution is -0.124. The molecule has 2 unspecified atom stereocenters. The van der Waals surface area contributed by atoms with Gasteiger partial charge in [-0.2, -0.15) is 0 Å². The van der Waals surface area contributed by atoms with Crippen LogP contribution in [-0.2, 0) is 9.59 Å². The van der Waals surface area contributed by atoms with E-state index in [0.29, 0.717) is 36.1 Å². The molecule has 0 aliphatic carbocycles. The second kappa shape index (κ2) is 44.2. The van der Waals surface area contributed by atoms with Crippen LogP contribution in [0.15, 0.2) is 169 Å². The average molecular weight is 1440 g/mol. The van der Waals surface area contributed by atoms with Crippen molar-refractivity contribution in [2.75, 3.05) is 13.1 Å². The molecule has 0 bridgehead atoms. The molecule has 8 aromatic rings. The summed E-state index contributed by atoms with van der Waals surface area (Å²) in [7, 11) is 0. The van der Waals surface area contributed by atoms with Crippen LogP contribution in [0.25, 0.3) is 74.0 Å². The highest BCUT2D eigenvalue weighted by atomic mass is 32.1. The lowest BCUT2D eigenvalue weighted by Gasteiger charge is -2.29. The van der Waals surface area contributed by atoms with E-state index in [-0.39, 0.29) is 11.8 Å². The van der Waals surface area contributed by atoms with Gasteiger partial charge in [-0.3, -0.25) is 9.59 Å². The molecule has 0 saturated heterocycles. The van der Waals surface area contributed by atoms with Crippen molar-refractivity contribution >= 4 is 68.6 Å². The van der Waals surface area contributed by atoms with Crippen molar-refractivity contribution in [2.24, 2.45) is 11.8 Å². The lowest BCUT2D eigenvalue weighted by atomic mass is 9.93. The second-order valence-corrected chi connectivity index (χ2v) is 34.4. The summed E-state index contributed by atoms with van der Waals surface area (Å²) in [6, 6.07) is 57.4. The molecule has 4 aromatic carbocycles. The number of fused-ring (bicyclic) bond motifs is 1. The zero-order valence-electron chi connectivity index (χ0n) is 63.2. The predicted octanol–water partition coefficient (Wildman–Crippen LogP) is 30.7. The Labute approximate surface area is 634 Å². The molecule has 10 rings (SSSR count). The fourth-order valence-electron chi connectivity index (χ4n) is 15.8. The van der Waals surface area contributed by atoms with Gasteiger partial charge >= 0.3 is 0 Å². The van der Waals surface area contributed by atoms with Gasteiger partial charge in [0.15, 0.2) is 0 Å². The van der Waals surface area contributed by atoms with Crippen LogP contribution in [-0.4, -0.2) is 34.7 Å². The first-order valence-corrected chi connectivity index (χ1v) is 44.5. The van der Waals surface area contributed by atoms with Gasteiger partial charge < -0.3 is 9.80 Å². The summed E-state index contributed by atoms with van der Waals surface area (Å²) in [5.74, 6) is 0.745. The van der Waals surface area contributed by atoms with E-state index in [1.807, 2.05) is 22.7 Å². The summed E-state index contributed by atoms with van der Waals surface area (Å²) in [6.07, 6.45) is 51.3. The zero-order valence-corrected chi connectivity index (χ0v) is 66.5. The summed E-state index contributed by atoms with van der Waals surface area (Å²) in [6.45, 7) is 10.5. The van der Waals surface area contributed by atoms with E-state index in [0.717, 1.165) is 46.8 Å². The number of hydrogen-bond acceptors (Lipinski definition) is 6. The van der Waals surface area contributed by atoms with Crippen molar-refractivity contribution in [3.63, 3.8) is 0 Å². The highest BCUT2D eigenvalue weighted by Gasteiger charge is 2.50. The lowest BCUT2D eigenvalue weighted by Crippen LogP contribution is -2.34. The summed E-state index contributed by atoms with van der Waals surface area (Å²) in [5.41, 5.74) is 10.3. The largest absolute Gasteiger partial charge is 0.306 e. The minimum absolute atomic E-state index is 0.0313. The normalized spacial score (nSPS) is 13.8. The molecule has 0 fully saturated rings. The molecule has 102 heavy (non-hydrogen) atoms. The van der Waals surface area contributed by atoms with Crippen molar-refractivity contribution in [1.29, 1.82) is 0 Å². The van der Waals surface area contributed by atoms with E-state index in [1.165, 1.54) is 294 Å². The fraction of sp³-hybridized carbons (Fsp3) is 0.511. The van der Waals surface area contributed by atoms with Crippen molar-refractivity contribution in [3.8, 4) is 62.6 Å². The van der Waals surface area contributed by atoms with E-state index >= 15 is 9.59 Å². The average Bonchev–Trinajstić information content (AvgIpc) is 1.55. The van der Waals surface area contributed by atoms with Crippen LogP contribution in [0, 0.1) is 11.8 Å². The Morgan fingerprint density at radius 2 is 0.451 bits per heavy atom. The monoisotopic (exact) mass is 1440 g/mol. The number of hydrogen-bond donors (Lipinski definition) is 0. The maximum absolute atomic E-state index is 16.6. The first-order valence-electron chi connectivity index (χ1n) is 41.2. The number of benzene rings is 4. The first kappa shape index (κ1) is 78.7. The molecule has 2 aliphatic rings. The smallest absolute Gasteiger partial charge is 0.261 e. The second-order valence-electron chi connectivity index (χ2n) is 30.0. The maximum Gasteiger partial charge on any atom is 0.261 e. The molecule has 2 atom stereocenters. The quantitative estimate of drug-likeness (QED) is 0.0357. The predicted molar refractivity (Wildman–Crippen MR) is 449 cm³/mol. The van der Waals surface area contributed by atoms with Crippen LogP contribution in [0.5, 0.6) is 0 Å². The molecular formula is C94H124N2O2S4. The molecule has 0 saturated carbocycles. The van der Waals surface area contributed by atoms with Crippen LogP contribution >= 0.6 is 45.3 Å². The Bertz CT molecular complexity index is 3500. The molecule has 0 spiro atoms. The molecule has 2 amide bonds.